The molecule has 16 heavy (non-hydrogen) atoms. The highest BCUT2D eigenvalue weighted by molar-refractivity contribution is 5.86. The molecule has 1 aliphatic heterocycles. The maximum atomic E-state index is 11.9. The fourth-order valence-electron chi connectivity index (χ4n) is 2.01. The molecular weight excluding hydrogens is 204 g/mol. The van der Waals surface area contributed by atoms with Crippen LogP contribution in [0.25, 0.3) is 0 Å². The number of aromatic amines is 1. The first-order valence-electron chi connectivity index (χ1n) is 5.72. The van der Waals surface area contributed by atoms with Gasteiger partial charge in [-0.1, -0.05) is 0 Å². The van der Waals surface area contributed by atoms with Crippen LogP contribution in [-0.4, -0.2) is 34.5 Å². The summed E-state index contributed by atoms with van der Waals surface area (Å²) in [5.74, 6) is 1.00. The van der Waals surface area contributed by atoms with Crippen LogP contribution in [0.1, 0.15) is 25.6 Å². The van der Waals surface area contributed by atoms with E-state index in [0.717, 1.165) is 31.6 Å². The van der Waals surface area contributed by atoms with Crippen LogP contribution in [-0.2, 0) is 11.2 Å². The number of carbonyl (C=O) groups is 1. The van der Waals surface area contributed by atoms with E-state index in [-0.39, 0.29) is 11.4 Å². The highest BCUT2D eigenvalue weighted by Gasteiger charge is 2.35. The van der Waals surface area contributed by atoms with E-state index in [2.05, 4.69) is 20.6 Å². The molecule has 0 radical (unpaired) electrons. The van der Waals surface area contributed by atoms with Crippen molar-refractivity contribution in [1.82, 2.24) is 20.6 Å². The number of amides is 1. The van der Waals surface area contributed by atoms with Crippen LogP contribution in [0, 0.1) is 0 Å². The molecule has 1 aromatic heterocycles. The molecule has 1 saturated heterocycles. The lowest BCUT2D eigenvalue weighted by molar-refractivity contribution is -0.126. The zero-order valence-electron chi connectivity index (χ0n) is 9.55. The van der Waals surface area contributed by atoms with Crippen molar-refractivity contribution in [3.05, 3.63) is 18.2 Å². The Balaban J connectivity index is 1.75. The summed E-state index contributed by atoms with van der Waals surface area (Å²) in [5, 5.41) is 6.18. The molecule has 0 aromatic carbocycles. The van der Waals surface area contributed by atoms with E-state index in [1.165, 1.54) is 0 Å². The summed E-state index contributed by atoms with van der Waals surface area (Å²) in [5.41, 5.74) is -0.372. The third kappa shape index (κ3) is 2.41. The predicted molar refractivity (Wildman–Crippen MR) is 60.9 cm³/mol. The predicted octanol–water partition coefficient (Wildman–Crippen LogP) is 0.210. The van der Waals surface area contributed by atoms with Crippen molar-refractivity contribution in [3.8, 4) is 0 Å². The van der Waals surface area contributed by atoms with E-state index in [4.69, 9.17) is 0 Å². The topological polar surface area (TPSA) is 69.8 Å². The number of carbonyl (C=O) groups excluding carboxylic acids is 1. The van der Waals surface area contributed by atoms with E-state index in [1.54, 1.807) is 12.4 Å². The Hall–Kier alpha value is -1.36. The summed E-state index contributed by atoms with van der Waals surface area (Å²) < 4.78 is 0. The van der Waals surface area contributed by atoms with Crippen LogP contribution in [0.2, 0.25) is 0 Å². The van der Waals surface area contributed by atoms with Crippen molar-refractivity contribution in [1.29, 1.82) is 0 Å². The summed E-state index contributed by atoms with van der Waals surface area (Å²) in [6.07, 6.45) is 6.24. The van der Waals surface area contributed by atoms with Crippen LogP contribution < -0.4 is 10.6 Å². The maximum absolute atomic E-state index is 11.9. The Bertz CT molecular complexity index is 341. The lowest BCUT2D eigenvalue weighted by Crippen LogP contribution is -2.51. The number of H-pyrrole nitrogens is 1. The van der Waals surface area contributed by atoms with Gasteiger partial charge in [0.1, 0.15) is 5.82 Å². The summed E-state index contributed by atoms with van der Waals surface area (Å²) >= 11 is 0. The zero-order valence-corrected chi connectivity index (χ0v) is 9.55. The number of hydrogen-bond donors (Lipinski definition) is 3. The van der Waals surface area contributed by atoms with Crippen molar-refractivity contribution in [2.45, 2.75) is 31.7 Å². The standard InChI is InChI=1S/C11H18N4O/c1-11(4-2-5-15-11)10(16)14-6-3-9-12-7-8-13-9/h7-8,15H,2-6H2,1H3,(H,12,13)(H,14,16). The van der Waals surface area contributed by atoms with Gasteiger partial charge in [-0.2, -0.15) is 0 Å². The third-order valence-electron chi connectivity index (χ3n) is 3.07. The highest BCUT2D eigenvalue weighted by Crippen LogP contribution is 2.18. The lowest BCUT2D eigenvalue weighted by Gasteiger charge is -2.22. The van der Waals surface area contributed by atoms with Crippen molar-refractivity contribution in [3.63, 3.8) is 0 Å². The van der Waals surface area contributed by atoms with Gasteiger partial charge in [0.2, 0.25) is 5.91 Å². The second kappa shape index (κ2) is 4.65. The zero-order chi connectivity index (χ0) is 11.4. The van der Waals surface area contributed by atoms with Crippen molar-refractivity contribution < 1.29 is 4.79 Å². The molecule has 1 fully saturated rings. The van der Waals surface area contributed by atoms with Gasteiger partial charge < -0.3 is 15.6 Å². The minimum Gasteiger partial charge on any atom is -0.354 e. The van der Waals surface area contributed by atoms with Crippen LogP contribution >= 0.6 is 0 Å². The largest absolute Gasteiger partial charge is 0.354 e. The number of nitrogens with zero attached hydrogens (tertiary/aromatic N) is 1. The van der Waals surface area contributed by atoms with Crippen molar-refractivity contribution in [2.75, 3.05) is 13.1 Å². The van der Waals surface area contributed by atoms with Gasteiger partial charge in [-0.3, -0.25) is 4.79 Å². The molecule has 1 unspecified atom stereocenters. The second-order valence-corrected chi connectivity index (χ2v) is 4.40. The van der Waals surface area contributed by atoms with Crippen LogP contribution in [0.4, 0.5) is 0 Å². The van der Waals surface area contributed by atoms with E-state index < -0.39 is 0 Å². The van der Waals surface area contributed by atoms with Gasteiger partial charge in [-0.25, -0.2) is 4.98 Å². The van der Waals surface area contributed by atoms with Gasteiger partial charge in [-0.15, -0.1) is 0 Å². The van der Waals surface area contributed by atoms with E-state index in [1.807, 2.05) is 6.92 Å². The molecule has 2 heterocycles. The van der Waals surface area contributed by atoms with Gasteiger partial charge in [0.05, 0.1) is 5.54 Å². The number of rotatable bonds is 4. The maximum Gasteiger partial charge on any atom is 0.240 e. The summed E-state index contributed by atoms with van der Waals surface area (Å²) in [4.78, 5) is 19.0. The lowest BCUT2D eigenvalue weighted by atomic mass is 9.99. The molecular formula is C11H18N4O. The van der Waals surface area contributed by atoms with Crippen LogP contribution in [0.5, 0.6) is 0 Å². The molecule has 1 atom stereocenters. The molecule has 0 spiro atoms. The number of nitrogens with one attached hydrogen (secondary N) is 3. The summed E-state index contributed by atoms with van der Waals surface area (Å²) in [6.45, 7) is 3.52. The van der Waals surface area contributed by atoms with Crippen molar-refractivity contribution >= 4 is 5.91 Å². The van der Waals surface area contributed by atoms with Gasteiger partial charge >= 0.3 is 0 Å². The van der Waals surface area contributed by atoms with Gasteiger partial charge in [-0.05, 0) is 26.3 Å². The first-order valence-corrected chi connectivity index (χ1v) is 5.72. The molecule has 2 rings (SSSR count). The molecule has 0 saturated carbocycles. The number of imidazole rings is 1. The van der Waals surface area contributed by atoms with Crippen LogP contribution in [0.3, 0.4) is 0 Å². The Kier molecular flexibility index (Phi) is 3.24. The highest BCUT2D eigenvalue weighted by atomic mass is 16.2. The minimum atomic E-state index is -0.372. The molecule has 3 N–H and O–H groups in total. The second-order valence-electron chi connectivity index (χ2n) is 4.40. The molecule has 5 heteroatoms. The van der Waals surface area contributed by atoms with E-state index >= 15 is 0 Å². The Morgan fingerprint density at radius 2 is 2.56 bits per heavy atom. The Morgan fingerprint density at radius 3 is 3.19 bits per heavy atom. The Labute approximate surface area is 95.0 Å². The molecule has 1 amide bonds. The number of hydrogen-bond acceptors (Lipinski definition) is 3. The molecule has 0 aliphatic carbocycles. The number of aromatic nitrogens is 2. The first-order chi connectivity index (χ1) is 7.71. The SMILES string of the molecule is CC1(C(=O)NCCc2ncc[nH]2)CCCN1. The average molecular weight is 222 g/mol. The molecule has 5 nitrogen and oxygen atoms in total. The summed E-state index contributed by atoms with van der Waals surface area (Å²) in [7, 11) is 0. The van der Waals surface area contributed by atoms with Gasteiger partial charge in [0, 0.05) is 25.4 Å². The third-order valence-corrected chi connectivity index (χ3v) is 3.07. The quantitative estimate of drug-likeness (QED) is 0.682. The molecule has 0 bridgehead atoms. The van der Waals surface area contributed by atoms with Crippen molar-refractivity contribution in [2.24, 2.45) is 0 Å². The summed E-state index contributed by atoms with van der Waals surface area (Å²) in [6, 6.07) is 0. The molecule has 88 valence electrons. The fourth-order valence-corrected chi connectivity index (χ4v) is 2.01. The fraction of sp³-hybridized carbons (Fsp3) is 0.636. The smallest absolute Gasteiger partial charge is 0.240 e. The van der Waals surface area contributed by atoms with E-state index in [9.17, 15) is 4.79 Å². The van der Waals surface area contributed by atoms with Gasteiger partial charge in [0.25, 0.3) is 0 Å². The minimum absolute atomic E-state index is 0.0940. The van der Waals surface area contributed by atoms with E-state index in [0.29, 0.717) is 6.54 Å². The first kappa shape index (κ1) is 11.1. The monoisotopic (exact) mass is 222 g/mol. The molecule has 1 aliphatic rings. The van der Waals surface area contributed by atoms with Gasteiger partial charge in [0.15, 0.2) is 0 Å². The molecule has 1 aromatic rings. The normalized spacial score (nSPS) is 24.6. The Morgan fingerprint density at radius 1 is 1.69 bits per heavy atom. The van der Waals surface area contributed by atoms with Crippen LogP contribution in [0.15, 0.2) is 12.4 Å². The average Bonchev–Trinajstić information content (AvgIpc) is 2.90.